The molecule has 4 nitrogen and oxygen atoms in total. The third-order valence-electron chi connectivity index (χ3n) is 4.72. The third-order valence-corrected chi connectivity index (χ3v) is 5.68. The lowest BCUT2D eigenvalue weighted by Crippen LogP contribution is -2.22. The van der Waals surface area contributed by atoms with Crippen LogP contribution in [0.25, 0.3) is 0 Å². The van der Waals surface area contributed by atoms with Gasteiger partial charge in [0.2, 0.25) is 5.13 Å². The van der Waals surface area contributed by atoms with E-state index in [9.17, 15) is 4.39 Å². The first kappa shape index (κ1) is 17.0. The molecule has 0 bridgehead atoms. The molecule has 0 amide bonds. The monoisotopic (exact) mass is 369 g/mol. The van der Waals surface area contributed by atoms with Gasteiger partial charge in [0.1, 0.15) is 16.6 Å². The number of nitrogens with zero attached hydrogens (tertiary/aromatic N) is 3. The molecule has 1 atom stereocenters. The Morgan fingerprint density at radius 2 is 1.96 bits per heavy atom. The summed E-state index contributed by atoms with van der Waals surface area (Å²) < 4.78 is 18.6. The maximum atomic E-state index is 13.1. The van der Waals surface area contributed by atoms with Crippen molar-refractivity contribution in [3.8, 4) is 5.75 Å². The largest absolute Gasteiger partial charge is 0.496 e. The Morgan fingerprint density at radius 3 is 2.77 bits per heavy atom. The molecule has 3 aromatic rings. The summed E-state index contributed by atoms with van der Waals surface area (Å²) in [5, 5.41) is 10.7. The molecule has 1 aromatic heterocycles. The van der Waals surface area contributed by atoms with E-state index in [1.165, 1.54) is 17.7 Å². The second-order valence-electron chi connectivity index (χ2n) is 6.37. The van der Waals surface area contributed by atoms with Crippen LogP contribution in [0.3, 0.4) is 0 Å². The van der Waals surface area contributed by atoms with E-state index >= 15 is 0 Å². The summed E-state index contributed by atoms with van der Waals surface area (Å²) in [6.45, 7) is 0.966. The second-order valence-corrected chi connectivity index (χ2v) is 7.42. The van der Waals surface area contributed by atoms with Crippen LogP contribution in [0, 0.1) is 5.82 Å². The first-order valence-electron chi connectivity index (χ1n) is 8.71. The molecule has 26 heavy (non-hydrogen) atoms. The molecule has 1 saturated heterocycles. The van der Waals surface area contributed by atoms with Crippen LogP contribution in [0.15, 0.2) is 48.5 Å². The van der Waals surface area contributed by atoms with Crippen molar-refractivity contribution in [1.29, 1.82) is 0 Å². The van der Waals surface area contributed by atoms with Gasteiger partial charge in [-0.25, -0.2) is 4.39 Å². The van der Waals surface area contributed by atoms with E-state index in [4.69, 9.17) is 4.74 Å². The molecule has 1 aliphatic rings. The first-order chi connectivity index (χ1) is 12.7. The summed E-state index contributed by atoms with van der Waals surface area (Å²) in [7, 11) is 1.71. The van der Waals surface area contributed by atoms with Gasteiger partial charge >= 0.3 is 0 Å². The van der Waals surface area contributed by atoms with Gasteiger partial charge in [-0.1, -0.05) is 41.7 Å². The molecule has 1 unspecified atom stereocenters. The highest BCUT2D eigenvalue weighted by atomic mass is 32.1. The minimum absolute atomic E-state index is 0.219. The van der Waals surface area contributed by atoms with E-state index in [1.807, 2.05) is 12.1 Å². The van der Waals surface area contributed by atoms with Gasteiger partial charge < -0.3 is 9.64 Å². The molecule has 0 radical (unpaired) electrons. The molecule has 0 spiro atoms. The minimum atomic E-state index is -0.219. The quantitative estimate of drug-likeness (QED) is 0.658. The average molecular weight is 369 g/mol. The smallest absolute Gasteiger partial charge is 0.208 e. The van der Waals surface area contributed by atoms with Crippen molar-refractivity contribution >= 4 is 16.5 Å². The van der Waals surface area contributed by atoms with Gasteiger partial charge in [-0.15, -0.1) is 10.2 Å². The van der Waals surface area contributed by atoms with Gasteiger partial charge in [0.25, 0.3) is 0 Å². The number of halogens is 1. The fourth-order valence-electron chi connectivity index (χ4n) is 3.47. The van der Waals surface area contributed by atoms with E-state index in [2.05, 4.69) is 27.2 Å². The molecule has 0 saturated carbocycles. The van der Waals surface area contributed by atoms with Crippen LogP contribution in [0.1, 0.15) is 35.0 Å². The Bertz CT molecular complexity index is 881. The fourth-order valence-corrected chi connectivity index (χ4v) is 4.42. The van der Waals surface area contributed by atoms with Crippen LogP contribution >= 0.6 is 11.3 Å². The Balaban J connectivity index is 1.55. The molecule has 0 N–H and O–H groups in total. The highest BCUT2D eigenvalue weighted by molar-refractivity contribution is 7.15. The summed E-state index contributed by atoms with van der Waals surface area (Å²) in [6, 6.07) is 15.0. The van der Waals surface area contributed by atoms with Crippen molar-refractivity contribution in [2.75, 3.05) is 18.6 Å². The molecule has 4 rings (SSSR count). The minimum Gasteiger partial charge on any atom is -0.496 e. The van der Waals surface area contributed by atoms with E-state index in [0.717, 1.165) is 40.8 Å². The molecule has 134 valence electrons. The number of benzene rings is 2. The van der Waals surface area contributed by atoms with Gasteiger partial charge in [-0.2, -0.15) is 0 Å². The normalized spacial score (nSPS) is 16.8. The first-order valence-corrected chi connectivity index (χ1v) is 9.52. The van der Waals surface area contributed by atoms with Crippen LogP contribution in [0.5, 0.6) is 5.75 Å². The number of para-hydroxylation sites is 1. The fraction of sp³-hybridized carbons (Fsp3) is 0.300. The van der Waals surface area contributed by atoms with Gasteiger partial charge in [0.15, 0.2) is 0 Å². The number of methoxy groups -OCH3 is 1. The van der Waals surface area contributed by atoms with Crippen LogP contribution < -0.4 is 9.64 Å². The lowest BCUT2D eigenvalue weighted by Gasteiger charge is -2.25. The van der Waals surface area contributed by atoms with E-state index in [0.29, 0.717) is 6.42 Å². The molecule has 6 heteroatoms. The average Bonchev–Trinajstić information content (AvgIpc) is 3.32. The molecular formula is C20H20FN3OS. The molecule has 2 aromatic carbocycles. The van der Waals surface area contributed by atoms with Gasteiger partial charge in [-0.05, 0) is 36.6 Å². The lowest BCUT2D eigenvalue weighted by atomic mass is 10.0. The highest BCUT2D eigenvalue weighted by Gasteiger charge is 2.30. The van der Waals surface area contributed by atoms with Crippen LogP contribution in [-0.2, 0) is 6.42 Å². The third kappa shape index (κ3) is 3.42. The van der Waals surface area contributed by atoms with Gasteiger partial charge in [0, 0.05) is 18.5 Å². The predicted molar refractivity (Wildman–Crippen MR) is 101 cm³/mol. The zero-order valence-electron chi connectivity index (χ0n) is 14.6. The van der Waals surface area contributed by atoms with Crippen molar-refractivity contribution in [1.82, 2.24) is 10.2 Å². The standard InChI is InChI=1S/C20H20FN3OS/c1-25-18-7-3-2-5-16(18)17-6-4-12-24(17)20-23-22-19(26-20)13-14-8-10-15(21)11-9-14/h2-3,5,7-11,17H,4,6,12-13H2,1H3. The summed E-state index contributed by atoms with van der Waals surface area (Å²) in [6.07, 6.45) is 2.87. The van der Waals surface area contributed by atoms with Gasteiger partial charge in [-0.3, -0.25) is 0 Å². The van der Waals surface area contributed by atoms with E-state index < -0.39 is 0 Å². The molecular weight excluding hydrogens is 349 g/mol. The van der Waals surface area contributed by atoms with Crippen molar-refractivity contribution in [2.45, 2.75) is 25.3 Å². The van der Waals surface area contributed by atoms with Crippen LogP contribution in [0.4, 0.5) is 9.52 Å². The highest BCUT2D eigenvalue weighted by Crippen LogP contribution is 2.40. The number of hydrogen-bond acceptors (Lipinski definition) is 5. The van der Waals surface area contributed by atoms with Gasteiger partial charge in [0.05, 0.1) is 13.2 Å². The number of rotatable bonds is 5. The molecule has 1 aliphatic heterocycles. The Morgan fingerprint density at radius 1 is 1.15 bits per heavy atom. The topological polar surface area (TPSA) is 38.2 Å². The number of ether oxygens (including phenoxy) is 1. The van der Waals surface area contributed by atoms with Crippen LogP contribution in [0.2, 0.25) is 0 Å². The van der Waals surface area contributed by atoms with E-state index in [1.54, 1.807) is 30.6 Å². The Hall–Kier alpha value is -2.47. The summed E-state index contributed by atoms with van der Waals surface area (Å²) in [5.74, 6) is 0.698. The maximum Gasteiger partial charge on any atom is 0.208 e. The Kier molecular flexibility index (Phi) is 4.84. The SMILES string of the molecule is COc1ccccc1C1CCCN1c1nnc(Cc2ccc(F)cc2)s1. The number of anilines is 1. The Labute approximate surface area is 156 Å². The molecule has 1 fully saturated rings. The predicted octanol–water partition coefficient (Wildman–Crippen LogP) is 4.62. The van der Waals surface area contributed by atoms with Crippen molar-refractivity contribution in [3.63, 3.8) is 0 Å². The second kappa shape index (κ2) is 7.41. The van der Waals surface area contributed by atoms with Crippen molar-refractivity contribution in [2.24, 2.45) is 0 Å². The maximum absolute atomic E-state index is 13.1. The lowest BCUT2D eigenvalue weighted by molar-refractivity contribution is 0.405. The van der Waals surface area contributed by atoms with E-state index in [-0.39, 0.29) is 11.9 Å². The summed E-state index contributed by atoms with van der Waals surface area (Å²) in [4.78, 5) is 2.32. The molecule has 2 heterocycles. The van der Waals surface area contributed by atoms with Crippen molar-refractivity contribution in [3.05, 3.63) is 70.5 Å². The zero-order valence-corrected chi connectivity index (χ0v) is 15.4. The zero-order chi connectivity index (χ0) is 17.9. The molecule has 0 aliphatic carbocycles. The van der Waals surface area contributed by atoms with Crippen LogP contribution in [-0.4, -0.2) is 23.9 Å². The number of hydrogen-bond donors (Lipinski definition) is 0. The number of aromatic nitrogens is 2. The summed E-state index contributed by atoms with van der Waals surface area (Å²) in [5.41, 5.74) is 2.24. The summed E-state index contributed by atoms with van der Waals surface area (Å²) >= 11 is 1.61. The van der Waals surface area contributed by atoms with Crippen molar-refractivity contribution < 1.29 is 9.13 Å².